The van der Waals surface area contributed by atoms with Gasteiger partial charge in [-0.15, -0.1) is 11.3 Å². The molecule has 1 amide bonds. The van der Waals surface area contributed by atoms with Crippen molar-refractivity contribution >= 4 is 50.9 Å². The van der Waals surface area contributed by atoms with E-state index >= 15 is 0 Å². The lowest BCUT2D eigenvalue weighted by molar-refractivity contribution is -0.384. The van der Waals surface area contributed by atoms with Gasteiger partial charge in [-0.2, -0.15) is 0 Å². The van der Waals surface area contributed by atoms with Gasteiger partial charge in [0.1, 0.15) is 0 Å². The van der Waals surface area contributed by atoms with Gasteiger partial charge in [-0.25, -0.2) is 9.97 Å². The Morgan fingerprint density at radius 3 is 3.00 bits per heavy atom. The molecule has 0 atom stereocenters. The van der Waals surface area contributed by atoms with Crippen molar-refractivity contribution in [1.82, 2.24) is 15.0 Å². The van der Waals surface area contributed by atoms with Crippen LogP contribution < -0.4 is 5.32 Å². The zero-order chi connectivity index (χ0) is 18.1. The number of carbonyl (C=O) groups excluding carboxylic acids is 1. The molecule has 0 spiro atoms. The van der Waals surface area contributed by atoms with Crippen LogP contribution in [0, 0.1) is 10.1 Å². The number of benzene rings is 1. The number of non-ortho nitro benzene ring substituents is 1. The summed E-state index contributed by atoms with van der Waals surface area (Å²) in [6, 6.07) is 4.44. The number of nitrogens with zero attached hydrogens (tertiary/aromatic N) is 3. The maximum Gasteiger partial charge on any atom is 0.271 e. The van der Waals surface area contributed by atoms with Crippen LogP contribution in [0.25, 0.3) is 11.0 Å². The number of aryl methyl sites for hydroxylation is 2. The van der Waals surface area contributed by atoms with E-state index in [-0.39, 0.29) is 17.3 Å². The second-order valence-corrected chi connectivity index (χ2v) is 7.98. The van der Waals surface area contributed by atoms with Crippen LogP contribution in [-0.2, 0) is 17.6 Å². The number of amides is 1. The smallest absolute Gasteiger partial charge is 0.271 e. The number of nitro groups is 1. The molecule has 0 unspecified atom stereocenters. The number of aromatic amines is 1. The predicted octanol–water partition coefficient (Wildman–Crippen LogP) is 3.54. The first-order valence-corrected chi connectivity index (χ1v) is 9.94. The summed E-state index contributed by atoms with van der Waals surface area (Å²) in [5, 5.41) is 14.9. The molecular weight excluding hydrogens is 374 g/mol. The average molecular weight is 389 g/mol. The molecule has 0 fully saturated rings. The molecule has 0 bridgehead atoms. The maximum atomic E-state index is 12.2. The number of carbonyl (C=O) groups is 1. The molecule has 3 aromatic rings. The summed E-state index contributed by atoms with van der Waals surface area (Å²) < 4.78 is 0. The Kier molecular flexibility index (Phi) is 4.60. The number of thiazole rings is 1. The molecule has 26 heavy (non-hydrogen) atoms. The molecule has 10 heteroatoms. The zero-order valence-electron chi connectivity index (χ0n) is 13.7. The molecule has 1 aromatic carbocycles. The Morgan fingerprint density at radius 2 is 2.19 bits per heavy atom. The minimum atomic E-state index is -0.450. The molecule has 0 aliphatic heterocycles. The van der Waals surface area contributed by atoms with Crippen molar-refractivity contribution in [2.24, 2.45) is 0 Å². The summed E-state index contributed by atoms with van der Waals surface area (Å²) in [6.45, 7) is 0. The number of H-pyrrole nitrogens is 1. The predicted molar refractivity (Wildman–Crippen MR) is 101 cm³/mol. The lowest BCUT2D eigenvalue weighted by Gasteiger charge is -2.06. The highest BCUT2D eigenvalue weighted by molar-refractivity contribution is 7.99. The fraction of sp³-hybridized carbons (Fsp3) is 0.312. The lowest BCUT2D eigenvalue weighted by atomic mass is 10.0. The third-order valence-corrected chi connectivity index (χ3v) is 6.03. The van der Waals surface area contributed by atoms with E-state index in [1.807, 2.05) is 0 Å². The standard InChI is InChI=1S/C16H15N5O3S2/c22-14(20-16-18-11-3-1-2-4-13(11)26-16)8-25-15-17-10-6-5-9(21(23)24)7-12(10)19-15/h5-7H,1-4,8H2,(H,17,19)(H,18,20,22). The van der Waals surface area contributed by atoms with E-state index in [9.17, 15) is 14.9 Å². The molecule has 1 aliphatic carbocycles. The number of fused-ring (bicyclic) bond motifs is 2. The van der Waals surface area contributed by atoms with Gasteiger partial charge in [0.2, 0.25) is 5.91 Å². The summed E-state index contributed by atoms with van der Waals surface area (Å²) in [6.07, 6.45) is 4.37. The summed E-state index contributed by atoms with van der Waals surface area (Å²) in [4.78, 5) is 35.6. The molecule has 2 N–H and O–H groups in total. The first-order valence-electron chi connectivity index (χ1n) is 8.14. The molecule has 134 valence electrons. The molecule has 0 saturated heterocycles. The van der Waals surface area contributed by atoms with Crippen molar-refractivity contribution in [2.45, 2.75) is 30.8 Å². The van der Waals surface area contributed by atoms with E-state index in [4.69, 9.17) is 0 Å². The molecule has 2 heterocycles. The molecule has 2 aromatic heterocycles. The number of imidazole rings is 1. The number of nitro benzene ring substituents is 1. The molecule has 8 nitrogen and oxygen atoms in total. The van der Waals surface area contributed by atoms with Crippen LogP contribution in [0.2, 0.25) is 0 Å². The zero-order valence-corrected chi connectivity index (χ0v) is 15.3. The minimum Gasteiger partial charge on any atom is -0.333 e. The van der Waals surface area contributed by atoms with Crippen LogP contribution in [-0.4, -0.2) is 31.5 Å². The van der Waals surface area contributed by atoms with Crippen molar-refractivity contribution in [3.63, 3.8) is 0 Å². The van der Waals surface area contributed by atoms with E-state index in [1.54, 1.807) is 17.4 Å². The van der Waals surface area contributed by atoms with Gasteiger partial charge < -0.3 is 10.3 Å². The van der Waals surface area contributed by atoms with E-state index in [0.717, 1.165) is 25.0 Å². The second kappa shape index (κ2) is 7.04. The topological polar surface area (TPSA) is 114 Å². The largest absolute Gasteiger partial charge is 0.333 e. The highest BCUT2D eigenvalue weighted by Crippen LogP contribution is 2.30. The molecule has 1 aliphatic rings. The summed E-state index contributed by atoms with van der Waals surface area (Å²) in [5.41, 5.74) is 2.33. The monoisotopic (exact) mass is 389 g/mol. The SMILES string of the molecule is O=C(CSc1nc2ccc([N+](=O)[O-])cc2[nH]1)Nc1nc2c(s1)CCCC2. The number of thioether (sulfide) groups is 1. The third-order valence-electron chi connectivity index (χ3n) is 4.09. The van der Waals surface area contributed by atoms with Crippen molar-refractivity contribution in [3.8, 4) is 0 Å². The molecule has 4 rings (SSSR count). The maximum absolute atomic E-state index is 12.2. The van der Waals surface area contributed by atoms with Crippen LogP contribution in [0.4, 0.5) is 10.8 Å². The number of hydrogen-bond donors (Lipinski definition) is 2. The Morgan fingerprint density at radius 1 is 1.35 bits per heavy atom. The number of rotatable bonds is 5. The van der Waals surface area contributed by atoms with Crippen LogP contribution in [0.15, 0.2) is 23.4 Å². The van der Waals surface area contributed by atoms with Crippen molar-refractivity contribution in [2.75, 3.05) is 11.1 Å². The van der Waals surface area contributed by atoms with E-state index in [0.29, 0.717) is 21.3 Å². The Balaban J connectivity index is 1.38. The van der Waals surface area contributed by atoms with Gasteiger partial charge in [0.25, 0.3) is 5.69 Å². The molecule has 0 saturated carbocycles. The quantitative estimate of drug-likeness (QED) is 0.392. The van der Waals surface area contributed by atoms with Crippen LogP contribution in [0.1, 0.15) is 23.4 Å². The van der Waals surface area contributed by atoms with Gasteiger partial charge in [-0.05, 0) is 31.7 Å². The summed E-state index contributed by atoms with van der Waals surface area (Å²) in [5.74, 6) is 0.0409. The van der Waals surface area contributed by atoms with Crippen molar-refractivity contribution in [3.05, 3.63) is 38.9 Å². The van der Waals surface area contributed by atoms with Crippen molar-refractivity contribution < 1.29 is 9.72 Å². The van der Waals surface area contributed by atoms with Gasteiger partial charge in [0, 0.05) is 17.0 Å². The first-order chi connectivity index (χ1) is 12.6. The van der Waals surface area contributed by atoms with Gasteiger partial charge in [0.05, 0.1) is 27.4 Å². The fourth-order valence-electron chi connectivity index (χ4n) is 2.85. The van der Waals surface area contributed by atoms with Crippen LogP contribution in [0.5, 0.6) is 0 Å². The Hall–Kier alpha value is -2.46. The van der Waals surface area contributed by atoms with Gasteiger partial charge in [-0.1, -0.05) is 11.8 Å². The van der Waals surface area contributed by atoms with Gasteiger partial charge in [-0.3, -0.25) is 14.9 Å². The fourth-order valence-corrected chi connectivity index (χ4v) is 4.60. The highest BCUT2D eigenvalue weighted by Gasteiger charge is 2.17. The summed E-state index contributed by atoms with van der Waals surface area (Å²) >= 11 is 2.80. The minimum absolute atomic E-state index is 0.00294. The average Bonchev–Trinajstić information content (AvgIpc) is 3.21. The van der Waals surface area contributed by atoms with E-state index < -0.39 is 4.92 Å². The van der Waals surface area contributed by atoms with Gasteiger partial charge >= 0.3 is 0 Å². The van der Waals surface area contributed by atoms with E-state index in [1.165, 1.54) is 35.2 Å². The van der Waals surface area contributed by atoms with Gasteiger partial charge in [0.15, 0.2) is 10.3 Å². The van der Waals surface area contributed by atoms with Crippen LogP contribution in [0.3, 0.4) is 0 Å². The summed E-state index contributed by atoms with van der Waals surface area (Å²) in [7, 11) is 0. The third kappa shape index (κ3) is 3.56. The second-order valence-electron chi connectivity index (χ2n) is 5.93. The Bertz CT molecular complexity index is 974. The molecular formula is C16H15N5O3S2. The number of aromatic nitrogens is 3. The first kappa shape index (κ1) is 17.0. The molecule has 0 radical (unpaired) electrons. The lowest BCUT2D eigenvalue weighted by Crippen LogP contribution is -2.14. The number of nitrogens with one attached hydrogen (secondary N) is 2. The number of anilines is 1. The highest BCUT2D eigenvalue weighted by atomic mass is 32.2. The normalized spacial score (nSPS) is 13.5. The van der Waals surface area contributed by atoms with Crippen LogP contribution >= 0.6 is 23.1 Å². The Labute approximate surface area is 156 Å². The number of hydrogen-bond acceptors (Lipinski definition) is 7. The van der Waals surface area contributed by atoms with Crippen molar-refractivity contribution in [1.29, 1.82) is 0 Å². The van der Waals surface area contributed by atoms with E-state index in [2.05, 4.69) is 20.3 Å².